The van der Waals surface area contributed by atoms with E-state index in [1.807, 2.05) is 19.1 Å². The van der Waals surface area contributed by atoms with Gasteiger partial charge in [-0.2, -0.15) is 0 Å². The van der Waals surface area contributed by atoms with Gasteiger partial charge in [-0.25, -0.2) is 8.42 Å². The molecule has 3 heteroatoms. The zero-order valence-electron chi connectivity index (χ0n) is 10.1. The third-order valence-electron chi connectivity index (χ3n) is 2.97. The van der Waals surface area contributed by atoms with E-state index >= 15 is 0 Å². The van der Waals surface area contributed by atoms with E-state index < -0.39 is 9.84 Å². The van der Waals surface area contributed by atoms with Gasteiger partial charge in [0, 0.05) is 0 Å². The van der Waals surface area contributed by atoms with Gasteiger partial charge in [-0.05, 0) is 37.5 Å². The molecule has 17 heavy (non-hydrogen) atoms. The molecule has 0 bridgehead atoms. The summed E-state index contributed by atoms with van der Waals surface area (Å²) in [5, 5.41) is 0. The topological polar surface area (TPSA) is 34.1 Å². The summed E-state index contributed by atoms with van der Waals surface area (Å²) in [7, 11) is -3.34. The minimum Gasteiger partial charge on any atom is -0.219 e. The highest BCUT2D eigenvalue weighted by molar-refractivity contribution is 7.95. The van der Waals surface area contributed by atoms with Crippen LogP contribution < -0.4 is 0 Å². The lowest BCUT2D eigenvalue weighted by Crippen LogP contribution is -2.09. The van der Waals surface area contributed by atoms with Crippen LogP contribution in [-0.2, 0) is 9.84 Å². The Morgan fingerprint density at radius 3 is 2.41 bits per heavy atom. The summed E-state index contributed by atoms with van der Waals surface area (Å²) in [6, 6.07) is 8.60. The Kier molecular flexibility index (Phi) is 3.20. The molecule has 0 spiro atoms. The average molecular weight is 248 g/mol. The molecule has 0 saturated heterocycles. The van der Waals surface area contributed by atoms with Crippen LogP contribution in [-0.4, -0.2) is 8.42 Å². The maximum atomic E-state index is 12.4. The number of benzene rings is 1. The molecule has 0 fully saturated rings. The molecule has 1 unspecified atom stereocenters. The molecule has 0 aromatic heterocycles. The zero-order chi connectivity index (χ0) is 12.5. The molecule has 0 N–H and O–H groups in total. The average Bonchev–Trinajstić information content (AvgIpc) is 2.29. The summed E-state index contributed by atoms with van der Waals surface area (Å²) in [5.74, 6) is 0.421. The molecule has 0 amide bonds. The van der Waals surface area contributed by atoms with E-state index in [0.717, 1.165) is 12.0 Å². The third kappa shape index (κ3) is 2.34. The van der Waals surface area contributed by atoms with Crippen molar-refractivity contribution in [3.8, 4) is 0 Å². The van der Waals surface area contributed by atoms with Crippen molar-refractivity contribution in [1.82, 2.24) is 0 Å². The van der Waals surface area contributed by atoms with Gasteiger partial charge in [0.25, 0.3) is 0 Å². The largest absolute Gasteiger partial charge is 0.219 e. The van der Waals surface area contributed by atoms with Gasteiger partial charge in [0.2, 0.25) is 9.84 Å². The first-order valence-corrected chi connectivity index (χ1v) is 7.18. The predicted octanol–water partition coefficient (Wildman–Crippen LogP) is 3.33. The second-order valence-electron chi connectivity index (χ2n) is 4.50. The van der Waals surface area contributed by atoms with Crippen molar-refractivity contribution >= 4 is 9.84 Å². The van der Waals surface area contributed by atoms with Gasteiger partial charge < -0.3 is 0 Å². The molecule has 1 aromatic rings. The van der Waals surface area contributed by atoms with Gasteiger partial charge >= 0.3 is 0 Å². The summed E-state index contributed by atoms with van der Waals surface area (Å²) in [6.07, 6.45) is 4.52. The van der Waals surface area contributed by atoms with E-state index in [0.29, 0.717) is 15.7 Å². The van der Waals surface area contributed by atoms with E-state index in [1.54, 1.807) is 30.3 Å². The van der Waals surface area contributed by atoms with Crippen LogP contribution in [0.4, 0.5) is 0 Å². The number of rotatable bonds is 2. The summed E-state index contributed by atoms with van der Waals surface area (Å²) in [5.41, 5.74) is 0.948. The van der Waals surface area contributed by atoms with Crippen LogP contribution >= 0.6 is 0 Å². The second-order valence-corrected chi connectivity index (χ2v) is 6.42. The molecule has 0 radical (unpaired) electrons. The first-order valence-electron chi connectivity index (χ1n) is 5.70. The second kappa shape index (κ2) is 4.49. The number of sulfone groups is 1. The molecule has 2 rings (SSSR count). The van der Waals surface area contributed by atoms with Crippen molar-refractivity contribution in [3.63, 3.8) is 0 Å². The fraction of sp³-hybridized carbons (Fsp3) is 0.286. The van der Waals surface area contributed by atoms with Gasteiger partial charge in [-0.1, -0.05) is 36.8 Å². The molecular formula is C14H16O2S. The maximum Gasteiger partial charge on any atom is 0.206 e. The maximum absolute atomic E-state index is 12.4. The van der Waals surface area contributed by atoms with Crippen molar-refractivity contribution in [3.05, 3.63) is 53.0 Å². The van der Waals surface area contributed by atoms with E-state index in [2.05, 4.69) is 6.92 Å². The summed E-state index contributed by atoms with van der Waals surface area (Å²) in [6.45, 7) is 3.99. The molecule has 90 valence electrons. The normalized spacial score (nSPS) is 20.7. The van der Waals surface area contributed by atoms with Crippen molar-refractivity contribution in [1.29, 1.82) is 0 Å². The first kappa shape index (κ1) is 12.1. The van der Waals surface area contributed by atoms with E-state index in [9.17, 15) is 8.42 Å². The Balaban J connectivity index is 2.49. The molecule has 0 aliphatic heterocycles. The van der Waals surface area contributed by atoms with Crippen LogP contribution in [0.1, 0.15) is 20.3 Å². The van der Waals surface area contributed by atoms with Crippen LogP contribution in [0.5, 0.6) is 0 Å². The van der Waals surface area contributed by atoms with Crippen LogP contribution in [0.3, 0.4) is 0 Å². The fourth-order valence-electron chi connectivity index (χ4n) is 2.09. The highest BCUT2D eigenvalue weighted by Crippen LogP contribution is 2.30. The molecule has 0 saturated carbocycles. The summed E-state index contributed by atoms with van der Waals surface area (Å²) >= 11 is 0. The summed E-state index contributed by atoms with van der Waals surface area (Å²) < 4.78 is 24.8. The Morgan fingerprint density at radius 2 is 1.82 bits per heavy atom. The number of hydrogen-bond donors (Lipinski definition) is 0. The van der Waals surface area contributed by atoms with Crippen LogP contribution in [0.15, 0.2) is 57.9 Å². The molecule has 1 atom stereocenters. The molecule has 2 nitrogen and oxygen atoms in total. The van der Waals surface area contributed by atoms with Gasteiger partial charge in [0.15, 0.2) is 0 Å². The van der Waals surface area contributed by atoms with Gasteiger partial charge in [0.1, 0.15) is 0 Å². The van der Waals surface area contributed by atoms with Gasteiger partial charge in [0.05, 0.1) is 9.80 Å². The zero-order valence-corrected chi connectivity index (χ0v) is 10.9. The molecular weight excluding hydrogens is 232 g/mol. The minimum absolute atomic E-state index is 0.369. The number of allylic oxidation sites excluding steroid dienone is 3. The van der Waals surface area contributed by atoms with Gasteiger partial charge in [-0.3, -0.25) is 0 Å². The van der Waals surface area contributed by atoms with Crippen LogP contribution in [0, 0.1) is 5.92 Å². The van der Waals surface area contributed by atoms with E-state index in [1.165, 1.54) is 0 Å². The molecule has 1 aliphatic carbocycles. The molecule has 1 aliphatic rings. The van der Waals surface area contributed by atoms with E-state index in [-0.39, 0.29) is 0 Å². The minimum atomic E-state index is -3.34. The SMILES string of the molecule is CC1=C(S(=O)(=O)c2ccccc2)C=CC(C)C1. The highest BCUT2D eigenvalue weighted by atomic mass is 32.2. The smallest absolute Gasteiger partial charge is 0.206 e. The Labute approximate surface area is 103 Å². The summed E-state index contributed by atoms with van der Waals surface area (Å²) in [4.78, 5) is 0.829. The molecule has 1 aromatic carbocycles. The third-order valence-corrected chi connectivity index (χ3v) is 4.92. The highest BCUT2D eigenvalue weighted by Gasteiger charge is 2.23. The van der Waals surface area contributed by atoms with Crippen LogP contribution in [0.2, 0.25) is 0 Å². The Bertz CT molecular complexity index is 565. The Morgan fingerprint density at radius 1 is 1.18 bits per heavy atom. The first-order chi connectivity index (χ1) is 8.01. The standard InChI is InChI=1S/C14H16O2S/c1-11-8-9-14(12(2)10-11)17(15,16)13-6-4-3-5-7-13/h3-9,11H,10H2,1-2H3. The van der Waals surface area contributed by atoms with Crippen molar-refractivity contribution < 1.29 is 8.42 Å². The van der Waals surface area contributed by atoms with Crippen LogP contribution in [0.25, 0.3) is 0 Å². The van der Waals surface area contributed by atoms with Gasteiger partial charge in [-0.15, -0.1) is 0 Å². The van der Waals surface area contributed by atoms with Crippen molar-refractivity contribution in [2.24, 2.45) is 5.92 Å². The predicted molar refractivity (Wildman–Crippen MR) is 69.2 cm³/mol. The molecule has 0 heterocycles. The fourth-order valence-corrected chi connectivity index (χ4v) is 3.66. The quantitative estimate of drug-likeness (QED) is 0.804. The van der Waals surface area contributed by atoms with Crippen molar-refractivity contribution in [2.45, 2.75) is 25.2 Å². The lowest BCUT2D eigenvalue weighted by atomic mass is 9.97. The van der Waals surface area contributed by atoms with E-state index in [4.69, 9.17) is 0 Å². The Hall–Kier alpha value is -1.35. The lowest BCUT2D eigenvalue weighted by Gasteiger charge is -2.17. The lowest BCUT2D eigenvalue weighted by molar-refractivity contribution is 0.600. The number of hydrogen-bond acceptors (Lipinski definition) is 2. The van der Waals surface area contributed by atoms with Crippen molar-refractivity contribution in [2.75, 3.05) is 0 Å². The monoisotopic (exact) mass is 248 g/mol.